The van der Waals surface area contributed by atoms with E-state index in [0.29, 0.717) is 24.2 Å². The van der Waals surface area contributed by atoms with Crippen LogP contribution in [0, 0.1) is 12.7 Å². The van der Waals surface area contributed by atoms with Crippen LogP contribution in [-0.2, 0) is 0 Å². The molecule has 2 rings (SSSR count). The van der Waals surface area contributed by atoms with Crippen LogP contribution in [0.25, 0.3) is 0 Å². The quantitative estimate of drug-likeness (QED) is 0.849. The van der Waals surface area contributed by atoms with E-state index < -0.39 is 0 Å². The normalized spacial score (nSPS) is 20.0. The third kappa shape index (κ3) is 2.65. The largest absolute Gasteiger partial charge is 0.336 e. The van der Waals surface area contributed by atoms with E-state index >= 15 is 0 Å². The maximum absolute atomic E-state index is 13.3. The first-order chi connectivity index (χ1) is 8.49. The molecule has 1 aliphatic rings. The number of rotatable bonds is 1. The van der Waals surface area contributed by atoms with Crippen LogP contribution in [0.4, 0.5) is 4.39 Å². The van der Waals surface area contributed by atoms with E-state index in [1.165, 1.54) is 12.1 Å². The number of amides is 1. The zero-order chi connectivity index (χ0) is 13.3. The molecule has 0 aliphatic carbocycles. The van der Waals surface area contributed by atoms with Crippen LogP contribution < -0.4 is 5.32 Å². The smallest absolute Gasteiger partial charge is 0.255 e. The van der Waals surface area contributed by atoms with Crippen LogP contribution >= 0.6 is 11.6 Å². The SMILES string of the molecule is Cc1cc(C(=O)N2CCN[C@@H](C)C2)c(Cl)cc1F. The molecule has 1 fully saturated rings. The third-order valence-electron chi connectivity index (χ3n) is 3.13. The van der Waals surface area contributed by atoms with E-state index in [1.54, 1.807) is 11.8 Å². The highest BCUT2D eigenvalue weighted by molar-refractivity contribution is 6.33. The Balaban J connectivity index is 2.25. The zero-order valence-electron chi connectivity index (χ0n) is 10.5. The van der Waals surface area contributed by atoms with Gasteiger partial charge in [-0.3, -0.25) is 4.79 Å². The van der Waals surface area contributed by atoms with E-state index in [9.17, 15) is 9.18 Å². The first-order valence-electron chi connectivity index (χ1n) is 5.97. The van der Waals surface area contributed by atoms with Gasteiger partial charge in [-0.25, -0.2) is 4.39 Å². The summed E-state index contributed by atoms with van der Waals surface area (Å²) in [5, 5.41) is 3.44. The number of piperazine rings is 1. The van der Waals surface area contributed by atoms with Gasteiger partial charge in [-0.1, -0.05) is 11.6 Å². The Kier molecular flexibility index (Phi) is 3.88. The number of halogens is 2. The summed E-state index contributed by atoms with van der Waals surface area (Å²) in [6.07, 6.45) is 0. The number of carbonyl (C=O) groups excluding carboxylic acids is 1. The van der Waals surface area contributed by atoms with E-state index in [0.717, 1.165) is 6.54 Å². The minimum Gasteiger partial charge on any atom is -0.336 e. The van der Waals surface area contributed by atoms with Crippen molar-refractivity contribution < 1.29 is 9.18 Å². The standard InChI is InChI=1S/C13H16ClFN2O/c1-8-5-10(11(14)6-12(8)15)13(18)17-4-3-16-9(2)7-17/h5-6,9,16H,3-4,7H2,1-2H3/t9-/m0/s1. The molecule has 98 valence electrons. The number of hydrogen-bond acceptors (Lipinski definition) is 2. The Labute approximate surface area is 111 Å². The number of benzene rings is 1. The van der Waals surface area contributed by atoms with E-state index in [-0.39, 0.29) is 22.8 Å². The van der Waals surface area contributed by atoms with Crippen molar-refractivity contribution in [3.63, 3.8) is 0 Å². The van der Waals surface area contributed by atoms with Gasteiger partial charge in [0.1, 0.15) is 5.82 Å². The molecular formula is C13H16ClFN2O. The molecule has 5 heteroatoms. The van der Waals surface area contributed by atoms with Gasteiger partial charge < -0.3 is 10.2 Å². The number of nitrogens with zero attached hydrogens (tertiary/aromatic N) is 1. The Morgan fingerprint density at radius 2 is 2.28 bits per heavy atom. The Morgan fingerprint density at radius 1 is 1.56 bits per heavy atom. The number of hydrogen-bond donors (Lipinski definition) is 1. The van der Waals surface area contributed by atoms with Gasteiger partial charge in [-0.05, 0) is 31.5 Å². The van der Waals surface area contributed by atoms with Gasteiger partial charge in [-0.15, -0.1) is 0 Å². The van der Waals surface area contributed by atoms with Crippen LogP contribution in [0.5, 0.6) is 0 Å². The molecule has 3 nitrogen and oxygen atoms in total. The second-order valence-corrected chi connectivity index (χ2v) is 5.09. The number of nitrogens with one attached hydrogen (secondary N) is 1. The molecule has 0 spiro atoms. The molecular weight excluding hydrogens is 255 g/mol. The van der Waals surface area contributed by atoms with Crippen molar-refractivity contribution in [2.24, 2.45) is 0 Å². The third-order valence-corrected chi connectivity index (χ3v) is 3.45. The van der Waals surface area contributed by atoms with Crippen LogP contribution in [0.15, 0.2) is 12.1 Å². The van der Waals surface area contributed by atoms with Crippen molar-refractivity contribution in [3.05, 3.63) is 34.1 Å². The van der Waals surface area contributed by atoms with Crippen molar-refractivity contribution in [2.45, 2.75) is 19.9 Å². The second-order valence-electron chi connectivity index (χ2n) is 4.69. The summed E-state index contributed by atoms with van der Waals surface area (Å²) in [6.45, 7) is 5.71. The molecule has 0 aromatic heterocycles. The summed E-state index contributed by atoms with van der Waals surface area (Å²) in [7, 11) is 0. The molecule has 0 bridgehead atoms. The molecule has 1 aromatic rings. The lowest BCUT2D eigenvalue weighted by atomic mass is 10.1. The molecule has 1 saturated heterocycles. The molecule has 1 atom stereocenters. The van der Waals surface area contributed by atoms with Crippen molar-refractivity contribution in [1.82, 2.24) is 10.2 Å². The number of carbonyl (C=O) groups is 1. The maximum Gasteiger partial charge on any atom is 0.255 e. The lowest BCUT2D eigenvalue weighted by Gasteiger charge is -2.32. The van der Waals surface area contributed by atoms with Crippen LogP contribution in [-0.4, -0.2) is 36.5 Å². The monoisotopic (exact) mass is 270 g/mol. The molecule has 1 N–H and O–H groups in total. The Morgan fingerprint density at radius 3 is 2.94 bits per heavy atom. The van der Waals surface area contributed by atoms with Crippen molar-refractivity contribution in [1.29, 1.82) is 0 Å². The predicted octanol–water partition coefficient (Wildman–Crippen LogP) is 2.22. The van der Waals surface area contributed by atoms with Gasteiger partial charge in [0.05, 0.1) is 10.6 Å². The molecule has 18 heavy (non-hydrogen) atoms. The summed E-state index contributed by atoms with van der Waals surface area (Å²) < 4.78 is 13.3. The summed E-state index contributed by atoms with van der Waals surface area (Å²) >= 11 is 5.95. The summed E-state index contributed by atoms with van der Waals surface area (Å²) in [5.74, 6) is -0.512. The molecule has 0 radical (unpaired) electrons. The summed E-state index contributed by atoms with van der Waals surface area (Å²) in [5.41, 5.74) is 0.815. The average Bonchev–Trinajstić information content (AvgIpc) is 2.33. The molecule has 1 amide bonds. The fraction of sp³-hybridized carbons (Fsp3) is 0.462. The first-order valence-corrected chi connectivity index (χ1v) is 6.35. The van der Waals surface area contributed by atoms with E-state index in [4.69, 9.17) is 11.6 Å². The van der Waals surface area contributed by atoms with Gasteiger partial charge in [0.2, 0.25) is 0 Å². The Hall–Kier alpha value is -1.13. The van der Waals surface area contributed by atoms with Gasteiger partial charge in [0.25, 0.3) is 5.91 Å². The lowest BCUT2D eigenvalue weighted by Crippen LogP contribution is -2.51. The highest BCUT2D eigenvalue weighted by Gasteiger charge is 2.23. The highest BCUT2D eigenvalue weighted by Crippen LogP contribution is 2.22. The van der Waals surface area contributed by atoms with Crippen LogP contribution in [0.2, 0.25) is 5.02 Å². The minimum absolute atomic E-state index is 0.128. The van der Waals surface area contributed by atoms with Crippen LogP contribution in [0.1, 0.15) is 22.8 Å². The molecule has 1 aliphatic heterocycles. The van der Waals surface area contributed by atoms with Gasteiger partial charge in [0.15, 0.2) is 0 Å². The summed E-state index contributed by atoms with van der Waals surface area (Å²) in [4.78, 5) is 14.1. The minimum atomic E-state index is -0.384. The fourth-order valence-electron chi connectivity index (χ4n) is 2.11. The predicted molar refractivity (Wildman–Crippen MR) is 69.5 cm³/mol. The van der Waals surface area contributed by atoms with Crippen LogP contribution in [0.3, 0.4) is 0 Å². The second kappa shape index (κ2) is 5.24. The van der Waals surface area contributed by atoms with E-state index in [2.05, 4.69) is 5.32 Å². The average molecular weight is 271 g/mol. The van der Waals surface area contributed by atoms with Crippen molar-refractivity contribution in [2.75, 3.05) is 19.6 Å². The fourth-order valence-corrected chi connectivity index (χ4v) is 2.34. The molecule has 1 heterocycles. The van der Waals surface area contributed by atoms with E-state index in [1.807, 2.05) is 6.92 Å². The topological polar surface area (TPSA) is 32.3 Å². The lowest BCUT2D eigenvalue weighted by molar-refractivity contribution is 0.0709. The van der Waals surface area contributed by atoms with Gasteiger partial charge >= 0.3 is 0 Å². The molecule has 1 aromatic carbocycles. The highest BCUT2D eigenvalue weighted by atomic mass is 35.5. The number of aryl methyl sites for hydroxylation is 1. The van der Waals surface area contributed by atoms with Gasteiger partial charge in [-0.2, -0.15) is 0 Å². The van der Waals surface area contributed by atoms with Crippen molar-refractivity contribution in [3.8, 4) is 0 Å². The Bertz CT molecular complexity index is 478. The summed E-state index contributed by atoms with van der Waals surface area (Å²) in [6, 6.07) is 2.99. The molecule has 0 unspecified atom stereocenters. The zero-order valence-corrected chi connectivity index (χ0v) is 11.2. The molecule has 0 saturated carbocycles. The van der Waals surface area contributed by atoms with Crippen molar-refractivity contribution >= 4 is 17.5 Å². The maximum atomic E-state index is 13.3. The first kappa shape index (κ1) is 13.3. The van der Waals surface area contributed by atoms with Gasteiger partial charge in [0, 0.05) is 25.7 Å².